The Bertz CT molecular complexity index is 312. The Labute approximate surface area is 90.1 Å². The first-order valence-electron chi connectivity index (χ1n) is 5.27. The van der Waals surface area contributed by atoms with Crippen LogP contribution in [0.5, 0.6) is 5.75 Å². The maximum Gasteiger partial charge on any atom is 0.165 e. The second-order valence-corrected chi connectivity index (χ2v) is 4.13. The molecule has 0 bridgehead atoms. The van der Waals surface area contributed by atoms with E-state index in [2.05, 4.69) is 19.2 Å². The molecule has 2 N–H and O–H groups in total. The third kappa shape index (κ3) is 4.30. The highest BCUT2D eigenvalue weighted by Gasteiger charge is 2.01. The third-order valence-corrected chi connectivity index (χ3v) is 2.16. The van der Waals surface area contributed by atoms with Crippen molar-refractivity contribution in [2.75, 3.05) is 13.1 Å². The summed E-state index contributed by atoms with van der Waals surface area (Å²) in [6.07, 6.45) is 0.782. The van der Waals surface area contributed by atoms with Gasteiger partial charge in [-0.2, -0.15) is 0 Å². The maximum absolute atomic E-state index is 12.9. The van der Waals surface area contributed by atoms with Crippen LogP contribution in [0, 0.1) is 11.7 Å². The number of phenolic OH excluding ortho intramolecular Hbond substituents is 1. The van der Waals surface area contributed by atoms with Crippen LogP contribution in [0.25, 0.3) is 0 Å². The van der Waals surface area contributed by atoms with Gasteiger partial charge in [-0.05, 0) is 43.1 Å². The summed E-state index contributed by atoms with van der Waals surface area (Å²) in [4.78, 5) is 0. The van der Waals surface area contributed by atoms with E-state index in [1.165, 1.54) is 12.1 Å². The summed E-state index contributed by atoms with van der Waals surface area (Å²) in [7, 11) is 0. The zero-order valence-corrected chi connectivity index (χ0v) is 9.26. The first-order chi connectivity index (χ1) is 7.09. The Kier molecular flexibility index (Phi) is 4.56. The van der Waals surface area contributed by atoms with Crippen molar-refractivity contribution in [2.45, 2.75) is 20.3 Å². The molecule has 15 heavy (non-hydrogen) atoms. The Morgan fingerprint density at radius 3 is 2.73 bits per heavy atom. The van der Waals surface area contributed by atoms with Gasteiger partial charge in [-0.3, -0.25) is 0 Å². The number of hydrogen-bond donors (Lipinski definition) is 2. The monoisotopic (exact) mass is 211 g/mol. The minimum Gasteiger partial charge on any atom is -0.505 e. The Morgan fingerprint density at radius 2 is 2.13 bits per heavy atom. The van der Waals surface area contributed by atoms with Gasteiger partial charge in [-0.1, -0.05) is 19.9 Å². The van der Waals surface area contributed by atoms with Crippen molar-refractivity contribution in [1.29, 1.82) is 0 Å². The average molecular weight is 211 g/mol. The van der Waals surface area contributed by atoms with Gasteiger partial charge in [0, 0.05) is 0 Å². The first-order valence-corrected chi connectivity index (χ1v) is 5.27. The summed E-state index contributed by atoms with van der Waals surface area (Å²) in [6.45, 7) is 6.10. The molecule has 0 aliphatic carbocycles. The minimum atomic E-state index is -0.545. The molecule has 1 aromatic rings. The quantitative estimate of drug-likeness (QED) is 0.733. The molecule has 0 atom stereocenters. The molecular weight excluding hydrogens is 193 g/mol. The largest absolute Gasteiger partial charge is 0.505 e. The van der Waals surface area contributed by atoms with Gasteiger partial charge in [0.05, 0.1) is 0 Å². The molecule has 0 aromatic heterocycles. The molecule has 0 fully saturated rings. The molecule has 0 saturated heterocycles. The van der Waals surface area contributed by atoms with E-state index in [-0.39, 0.29) is 5.75 Å². The van der Waals surface area contributed by atoms with Gasteiger partial charge in [-0.15, -0.1) is 0 Å². The molecule has 0 amide bonds. The summed E-state index contributed by atoms with van der Waals surface area (Å²) in [5.74, 6) is -0.202. The van der Waals surface area contributed by atoms with Crippen molar-refractivity contribution in [3.05, 3.63) is 29.6 Å². The maximum atomic E-state index is 12.9. The molecule has 2 nitrogen and oxygen atoms in total. The van der Waals surface area contributed by atoms with Gasteiger partial charge >= 0.3 is 0 Å². The average Bonchev–Trinajstić information content (AvgIpc) is 2.18. The van der Waals surface area contributed by atoms with E-state index >= 15 is 0 Å². The second-order valence-electron chi connectivity index (χ2n) is 4.13. The standard InChI is InChI=1S/C12H18FNO/c1-9(2)8-14-6-5-10-3-4-12(15)11(13)7-10/h3-4,7,9,14-15H,5-6,8H2,1-2H3. The van der Waals surface area contributed by atoms with Crippen LogP contribution < -0.4 is 5.32 Å². The van der Waals surface area contributed by atoms with Crippen molar-refractivity contribution in [2.24, 2.45) is 5.92 Å². The van der Waals surface area contributed by atoms with Crippen molar-refractivity contribution < 1.29 is 9.50 Å². The molecule has 0 radical (unpaired) electrons. The van der Waals surface area contributed by atoms with Crippen LogP contribution in [-0.4, -0.2) is 18.2 Å². The van der Waals surface area contributed by atoms with Gasteiger partial charge in [0.15, 0.2) is 11.6 Å². The lowest BCUT2D eigenvalue weighted by atomic mass is 10.1. The topological polar surface area (TPSA) is 32.3 Å². The molecule has 0 spiro atoms. The molecular formula is C12H18FNO. The predicted molar refractivity (Wildman–Crippen MR) is 59.5 cm³/mol. The van der Waals surface area contributed by atoms with Crippen LogP contribution in [0.4, 0.5) is 4.39 Å². The van der Waals surface area contributed by atoms with Crippen molar-refractivity contribution in [1.82, 2.24) is 5.32 Å². The van der Waals surface area contributed by atoms with E-state index in [4.69, 9.17) is 5.11 Å². The predicted octanol–water partition coefficient (Wildman–Crippen LogP) is 2.32. The zero-order chi connectivity index (χ0) is 11.3. The summed E-state index contributed by atoms with van der Waals surface area (Å²) >= 11 is 0. The lowest BCUT2D eigenvalue weighted by Gasteiger charge is -2.07. The summed E-state index contributed by atoms with van der Waals surface area (Å²) < 4.78 is 12.9. The van der Waals surface area contributed by atoms with Gasteiger partial charge in [0.2, 0.25) is 0 Å². The van der Waals surface area contributed by atoms with Gasteiger partial charge < -0.3 is 10.4 Å². The zero-order valence-electron chi connectivity index (χ0n) is 9.26. The molecule has 0 saturated carbocycles. The van der Waals surface area contributed by atoms with Crippen LogP contribution in [0.1, 0.15) is 19.4 Å². The molecule has 84 valence electrons. The van der Waals surface area contributed by atoms with E-state index in [0.717, 1.165) is 25.1 Å². The fourth-order valence-corrected chi connectivity index (χ4v) is 1.33. The van der Waals surface area contributed by atoms with E-state index in [1.807, 2.05) is 0 Å². The molecule has 1 rings (SSSR count). The summed E-state index contributed by atoms with van der Waals surface area (Å²) in [6, 6.07) is 4.52. The number of benzene rings is 1. The Balaban J connectivity index is 2.35. The van der Waals surface area contributed by atoms with E-state index < -0.39 is 5.82 Å². The normalized spacial score (nSPS) is 10.9. The molecule has 3 heteroatoms. The Morgan fingerprint density at radius 1 is 1.40 bits per heavy atom. The highest BCUT2D eigenvalue weighted by molar-refractivity contribution is 5.28. The fourth-order valence-electron chi connectivity index (χ4n) is 1.33. The second kappa shape index (κ2) is 5.71. The lowest BCUT2D eigenvalue weighted by Crippen LogP contribution is -2.22. The smallest absolute Gasteiger partial charge is 0.165 e. The van der Waals surface area contributed by atoms with Crippen LogP contribution in [0.3, 0.4) is 0 Å². The number of rotatable bonds is 5. The number of nitrogens with one attached hydrogen (secondary N) is 1. The molecule has 0 heterocycles. The summed E-state index contributed by atoms with van der Waals surface area (Å²) in [5.41, 5.74) is 0.904. The van der Waals surface area contributed by atoms with Crippen molar-refractivity contribution >= 4 is 0 Å². The highest BCUT2D eigenvalue weighted by atomic mass is 19.1. The van der Waals surface area contributed by atoms with Crippen LogP contribution in [0.2, 0.25) is 0 Å². The Hall–Kier alpha value is -1.09. The van der Waals surface area contributed by atoms with E-state index in [1.54, 1.807) is 6.07 Å². The molecule has 0 aliphatic heterocycles. The highest BCUT2D eigenvalue weighted by Crippen LogP contribution is 2.16. The first kappa shape index (κ1) is 12.0. The molecule has 0 unspecified atom stereocenters. The number of phenols is 1. The van der Waals surface area contributed by atoms with Crippen molar-refractivity contribution in [3.8, 4) is 5.75 Å². The fraction of sp³-hybridized carbons (Fsp3) is 0.500. The lowest BCUT2D eigenvalue weighted by molar-refractivity contribution is 0.431. The van der Waals surface area contributed by atoms with Crippen molar-refractivity contribution in [3.63, 3.8) is 0 Å². The molecule has 1 aromatic carbocycles. The van der Waals surface area contributed by atoms with Crippen LogP contribution >= 0.6 is 0 Å². The third-order valence-electron chi connectivity index (χ3n) is 2.16. The minimum absolute atomic E-state index is 0.283. The van der Waals surface area contributed by atoms with E-state index in [9.17, 15) is 4.39 Å². The van der Waals surface area contributed by atoms with Gasteiger partial charge in [0.25, 0.3) is 0 Å². The van der Waals surface area contributed by atoms with E-state index in [0.29, 0.717) is 5.92 Å². The molecule has 0 aliphatic rings. The van der Waals surface area contributed by atoms with Gasteiger partial charge in [-0.25, -0.2) is 4.39 Å². The summed E-state index contributed by atoms with van der Waals surface area (Å²) in [5, 5.41) is 12.3. The SMILES string of the molecule is CC(C)CNCCc1ccc(O)c(F)c1. The number of hydrogen-bond acceptors (Lipinski definition) is 2. The van der Waals surface area contributed by atoms with Gasteiger partial charge in [0.1, 0.15) is 0 Å². The number of aromatic hydroxyl groups is 1. The number of halogens is 1. The van der Waals surface area contributed by atoms with Crippen LogP contribution in [0.15, 0.2) is 18.2 Å². The van der Waals surface area contributed by atoms with Crippen LogP contribution in [-0.2, 0) is 6.42 Å².